The van der Waals surface area contributed by atoms with Gasteiger partial charge in [0.1, 0.15) is 11.0 Å². The lowest BCUT2D eigenvalue weighted by Crippen LogP contribution is -2.35. The molecule has 23 heavy (non-hydrogen) atoms. The van der Waals surface area contributed by atoms with Gasteiger partial charge in [-0.1, -0.05) is 11.6 Å². The number of amides is 1. The molecule has 1 fully saturated rings. The number of nitrogens with one attached hydrogen (secondary N) is 2. The van der Waals surface area contributed by atoms with Gasteiger partial charge in [0.15, 0.2) is 0 Å². The number of hydrogen-bond acceptors (Lipinski definition) is 3. The predicted molar refractivity (Wildman–Crippen MR) is 91.7 cm³/mol. The molecule has 0 spiro atoms. The lowest BCUT2D eigenvalue weighted by molar-refractivity contribution is -0.122. The summed E-state index contributed by atoms with van der Waals surface area (Å²) in [5.41, 5.74) is 9.58. The Bertz CT molecular complexity index is 689. The highest BCUT2D eigenvalue weighted by Gasteiger charge is 2.30. The second kappa shape index (κ2) is 6.40. The third kappa shape index (κ3) is 3.02. The fraction of sp³-hybridized carbons (Fsp3) is 0.529. The first-order chi connectivity index (χ1) is 11.0. The first-order valence-electron chi connectivity index (χ1n) is 8.20. The number of halogens is 1. The summed E-state index contributed by atoms with van der Waals surface area (Å²) in [6.07, 6.45) is 6.29. The number of nitrogens with zero attached hydrogens (tertiary/aromatic N) is 1. The van der Waals surface area contributed by atoms with Crippen LogP contribution in [0.3, 0.4) is 0 Å². The summed E-state index contributed by atoms with van der Waals surface area (Å²) in [5.74, 6) is 0.0554. The Morgan fingerprint density at radius 2 is 2.09 bits per heavy atom. The molecule has 4 N–H and O–H groups in total. The molecule has 1 aromatic heterocycles. The molecule has 3 rings (SSSR count). The van der Waals surface area contributed by atoms with Gasteiger partial charge in [0.2, 0.25) is 5.91 Å². The van der Waals surface area contributed by atoms with Crippen molar-refractivity contribution in [3.8, 4) is 0 Å². The van der Waals surface area contributed by atoms with Gasteiger partial charge in [-0.3, -0.25) is 4.79 Å². The number of hydrogen-bond donors (Lipinski definition) is 3. The van der Waals surface area contributed by atoms with Crippen LogP contribution < -0.4 is 11.1 Å². The lowest BCUT2D eigenvalue weighted by atomic mass is 9.86. The summed E-state index contributed by atoms with van der Waals surface area (Å²) in [6.45, 7) is 0. The van der Waals surface area contributed by atoms with Gasteiger partial charge in [-0.05, 0) is 56.6 Å². The Labute approximate surface area is 141 Å². The van der Waals surface area contributed by atoms with E-state index < -0.39 is 0 Å². The Kier molecular flexibility index (Phi) is 4.48. The number of rotatable bonds is 2. The van der Waals surface area contributed by atoms with Gasteiger partial charge < -0.3 is 21.0 Å². The van der Waals surface area contributed by atoms with Crippen LogP contribution in [0, 0.1) is 5.41 Å². The summed E-state index contributed by atoms with van der Waals surface area (Å²) in [4.78, 5) is 12.7. The quantitative estimate of drug-likeness (QED) is 0.776. The number of carbonyl (C=O) groups is 1. The molecule has 0 saturated heterocycles. The molecule has 124 valence electrons. The molecule has 1 atom stereocenters. The SMILES string of the molecule is Cn1c(Cl)cc2c1CCCC2C(=O)N/C(N)=C1/CCCCC1=N. The highest BCUT2D eigenvalue weighted by molar-refractivity contribution is 6.29. The second-order valence-electron chi connectivity index (χ2n) is 6.44. The number of allylic oxidation sites excluding steroid dienone is 1. The summed E-state index contributed by atoms with van der Waals surface area (Å²) in [7, 11) is 1.93. The van der Waals surface area contributed by atoms with Crippen LogP contribution in [0.15, 0.2) is 17.5 Å². The van der Waals surface area contributed by atoms with Crippen molar-refractivity contribution in [3.63, 3.8) is 0 Å². The van der Waals surface area contributed by atoms with E-state index in [1.54, 1.807) is 0 Å². The van der Waals surface area contributed by atoms with Crippen LogP contribution in [0.25, 0.3) is 0 Å². The fourth-order valence-electron chi connectivity index (χ4n) is 3.64. The van der Waals surface area contributed by atoms with Crippen molar-refractivity contribution >= 4 is 23.2 Å². The molecule has 6 heteroatoms. The van der Waals surface area contributed by atoms with Crippen molar-refractivity contribution in [2.24, 2.45) is 12.8 Å². The highest BCUT2D eigenvalue weighted by Crippen LogP contribution is 2.35. The maximum Gasteiger partial charge on any atom is 0.233 e. The van der Waals surface area contributed by atoms with Gasteiger partial charge in [0, 0.05) is 24.0 Å². The summed E-state index contributed by atoms with van der Waals surface area (Å²) in [6, 6.07) is 1.90. The summed E-state index contributed by atoms with van der Waals surface area (Å²) in [5, 5.41) is 11.5. The monoisotopic (exact) mass is 334 g/mol. The van der Waals surface area contributed by atoms with Gasteiger partial charge in [0.25, 0.3) is 0 Å². The molecule has 2 aliphatic carbocycles. The molecular weight excluding hydrogens is 312 g/mol. The van der Waals surface area contributed by atoms with Gasteiger partial charge in [-0.2, -0.15) is 0 Å². The molecule has 0 radical (unpaired) electrons. The number of aromatic nitrogens is 1. The number of carbonyl (C=O) groups excluding carboxylic acids is 1. The average Bonchev–Trinajstić information content (AvgIpc) is 2.82. The van der Waals surface area contributed by atoms with E-state index in [1.807, 2.05) is 17.7 Å². The minimum Gasteiger partial charge on any atom is -0.385 e. The molecule has 2 aliphatic rings. The van der Waals surface area contributed by atoms with Crippen molar-refractivity contribution in [1.82, 2.24) is 9.88 Å². The first kappa shape index (κ1) is 16.1. The van der Waals surface area contributed by atoms with E-state index in [2.05, 4.69) is 5.32 Å². The molecule has 1 unspecified atom stereocenters. The van der Waals surface area contributed by atoms with Crippen molar-refractivity contribution in [2.75, 3.05) is 0 Å². The summed E-state index contributed by atoms with van der Waals surface area (Å²) < 4.78 is 1.95. The zero-order valence-electron chi connectivity index (χ0n) is 13.4. The van der Waals surface area contributed by atoms with Crippen molar-refractivity contribution in [2.45, 2.75) is 50.9 Å². The third-order valence-electron chi connectivity index (χ3n) is 4.98. The van der Waals surface area contributed by atoms with Gasteiger partial charge in [-0.25, -0.2) is 0 Å². The van der Waals surface area contributed by atoms with Crippen molar-refractivity contribution in [1.29, 1.82) is 5.41 Å². The number of fused-ring (bicyclic) bond motifs is 1. The van der Waals surface area contributed by atoms with E-state index in [0.717, 1.165) is 61.8 Å². The van der Waals surface area contributed by atoms with Crippen LogP contribution >= 0.6 is 11.6 Å². The Morgan fingerprint density at radius 1 is 1.35 bits per heavy atom. The Morgan fingerprint density at radius 3 is 2.83 bits per heavy atom. The van der Waals surface area contributed by atoms with Crippen LogP contribution in [-0.2, 0) is 18.3 Å². The van der Waals surface area contributed by atoms with Gasteiger partial charge >= 0.3 is 0 Å². The Balaban J connectivity index is 1.81. The third-order valence-corrected chi connectivity index (χ3v) is 5.34. The molecule has 0 aromatic carbocycles. The minimum atomic E-state index is -0.214. The van der Waals surface area contributed by atoms with Crippen LogP contribution in [0.1, 0.15) is 55.7 Å². The number of nitrogens with two attached hydrogens (primary N) is 1. The van der Waals surface area contributed by atoms with E-state index in [4.69, 9.17) is 22.7 Å². The second-order valence-corrected chi connectivity index (χ2v) is 6.83. The Hall–Kier alpha value is -1.75. The lowest BCUT2D eigenvalue weighted by Gasteiger charge is -2.24. The summed E-state index contributed by atoms with van der Waals surface area (Å²) >= 11 is 6.21. The zero-order chi connectivity index (χ0) is 16.6. The largest absolute Gasteiger partial charge is 0.385 e. The molecule has 1 aromatic rings. The van der Waals surface area contributed by atoms with E-state index in [1.165, 1.54) is 0 Å². The van der Waals surface area contributed by atoms with Gasteiger partial charge in [0.05, 0.1) is 5.92 Å². The first-order valence-corrected chi connectivity index (χ1v) is 8.58. The van der Waals surface area contributed by atoms with E-state index in [-0.39, 0.29) is 11.8 Å². The topological polar surface area (TPSA) is 83.9 Å². The van der Waals surface area contributed by atoms with Crippen LogP contribution in [0.2, 0.25) is 5.15 Å². The predicted octanol–water partition coefficient (Wildman–Crippen LogP) is 2.98. The smallest absolute Gasteiger partial charge is 0.233 e. The average molecular weight is 335 g/mol. The van der Waals surface area contributed by atoms with Crippen LogP contribution in [-0.4, -0.2) is 16.2 Å². The van der Waals surface area contributed by atoms with Crippen molar-refractivity contribution < 1.29 is 4.79 Å². The molecule has 0 bridgehead atoms. The van der Waals surface area contributed by atoms with Gasteiger partial charge in [-0.15, -0.1) is 0 Å². The normalized spacial score (nSPS) is 23.4. The van der Waals surface area contributed by atoms with Crippen molar-refractivity contribution in [3.05, 3.63) is 33.9 Å². The molecule has 1 saturated carbocycles. The highest BCUT2D eigenvalue weighted by atomic mass is 35.5. The molecule has 0 aliphatic heterocycles. The molecule has 1 heterocycles. The maximum absolute atomic E-state index is 12.7. The minimum absolute atomic E-state index is 0.0865. The molecular formula is C17H23ClN4O. The van der Waals surface area contributed by atoms with E-state index in [9.17, 15) is 4.79 Å². The van der Waals surface area contributed by atoms with Crippen LogP contribution in [0.5, 0.6) is 0 Å². The van der Waals surface area contributed by atoms with E-state index >= 15 is 0 Å². The zero-order valence-corrected chi connectivity index (χ0v) is 14.2. The molecule has 5 nitrogen and oxygen atoms in total. The van der Waals surface area contributed by atoms with E-state index in [0.29, 0.717) is 16.7 Å². The fourth-order valence-corrected chi connectivity index (χ4v) is 3.86. The maximum atomic E-state index is 12.7. The van der Waals surface area contributed by atoms with Crippen LogP contribution in [0.4, 0.5) is 0 Å². The standard InChI is InChI=1S/C17H23ClN4O/c1-22-14-8-4-6-10(12(14)9-15(22)18)17(23)21-16(20)11-5-2-3-7-13(11)19/h9-10,19H,2-8,20H2,1H3,(H,21,23)/b16-11-,19-13?. The molecule has 1 amide bonds.